The van der Waals surface area contributed by atoms with Crippen molar-refractivity contribution < 1.29 is 13.5 Å². The summed E-state index contributed by atoms with van der Waals surface area (Å²) in [4.78, 5) is 0.229. The number of rotatable bonds is 2. The first kappa shape index (κ1) is 11.7. The van der Waals surface area contributed by atoms with Crippen molar-refractivity contribution in [1.82, 2.24) is 0 Å². The maximum atomic E-state index is 13.5. The van der Waals surface area contributed by atoms with Crippen LogP contribution in [0.4, 0.5) is 14.5 Å². The van der Waals surface area contributed by atoms with E-state index in [1.165, 1.54) is 17.8 Å². The van der Waals surface area contributed by atoms with Gasteiger partial charge in [-0.15, -0.1) is 11.8 Å². The van der Waals surface area contributed by atoms with Crippen molar-refractivity contribution in [2.45, 2.75) is 23.0 Å². The van der Waals surface area contributed by atoms with Crippen LogP contribution < -0.4 is 5.73 Å². The van der Waals surface area contributed by atoms with Gasteiger partial charge in [0.1, 0.15) is 0 Å². The Balaban J connectivity index is 2.16. The summed E-state index contributed by atoms with van der Waals surface area (Å²) in [5.41, 5.74) is 5.95. The fourth-order valence-corrected chi connectivity index (χ4v) is 2.79. The zero-order valence-electron chi connectivity index (χ0n) is 8.71. The third-order valence-electron chi connectivity index (χ3n) is 2.53. The molecule has 0 atom stereocenters. The predicted octanol–water partition coefficient (Wildman–Crippen LogP) is 2.82. The molecule has 0 bridgehead atoms. The lowest BCUT2D eigenvalue weighted by Crippen LogP contribution is -2.17. The molecule has 0 saturated carbocycles. The number of nitrogens with two attached hydrogens (primary N) is 1. The van der Waals surface area contributed by atoms with Crippen molar-refractivity contribution in [3.63, 3.8) is 0 Å². The minimum absolute atomic E-state index is 0.229. The van der Waals surface area contributed by atoms with E-state index in [0.29, 0.717) is 18.9 Å². The minimum atomic E-state index is -0.844. The number of hydrogen-bond donors (Lipinski definition) is 1. The number of nitrogen functional groups attached to an aromatic ring is 1. The number of ether oxygens (including phenoxy) is 1. The first-order valence-corrected chi connectivity index (χ1v) is 6.04. The van der Waals surface area contributed by atoms with Crippen LogP contribution >= 0.6 is 11.8 Å². The fraction of sp³-hybridized carbons (Fsp3) is 0.455. The van der Waals surface area contributed by atoms with Gasteiger partial charge in [-0.1, -0.05) is 0 Å². The van der Waals surface area contributed by atoms with Gasteiger partial charge in [-0.05, 0) is 25.0 Å². The average molecular weight is 245 g/mol. The number of anilines is 1. The van der Waals surface area contributed by atoms with E-state index in [2.05, 4.69) is 0 Å². The highest BCUT2D eigenvalue weighted by atomic mass is 32.2. The van der Waals surface area contributed by atoms with E-state index in [-0.39, 0.29) is 10.1 Å². The third kappa shape index (κ3) is 2.47. The molecule has 2 N–H and O–H groups in total. The highest BCUT2D eigenvalue weighted by Crippen LogP contribution is 2.36. The Morgan fingerprint density at radius 2 is 1.94 bits per heavy atom. The number of hydrogen-bond acceptors (Lipinski definition) is 3. The Hall–Kier alpha value is -0.810. The summed E-state index contributed by atoms with van der Waals surface area (Å²) in [6.45, 7) is 1.35. The minimum Gasteiger partial charge on any atom is -0.398 e. The fourth-order valence-electron chi connectivity index (χ4n) is 1.63. The molecule has 16 heavy (non-hydrogen) atoms. The van der Waals surface area contributed by atoms with Gasteiger partial charge in [0.25, 0.3) is 0 Å². The van der Waals surface area contributed by atoms with Crippen molar-refractivity contribution in [3.05, 3.63) is 23.8 Å². The summed E-state index contributed by atoms with van der Waals surface area (Å²) in [6.07, 6.45) is 1.69. The van der Waals surface area contributed by atoms with E-state index < -0.39 is 11.6 Å². The maximum absolute atomic E-state index is 13.5. The number of benzene rings is 1. The molecule has 1 aliphatic rings. The average Bonchev–Trinajstić information content (AvgIpc) is 2.31. The summed E-state index contributed by atoms with van der Waals surface area (Å²) >= 11 is 1.31. The molecule has 1 saturated heterocycles. The van der Waals surface area contributed by atoms with Crippen LogP contribution in [0.15, 0.2) is 17.0 Å². The Kier molecular flexibility index (Phi) is 3.66. The summed E-state index contributed by atoms with van der Waals surface area (Å²) in [6, 6.07) is 2.46. The van der Waals surface area contributed by atoms with Crippen molar-refractivity contribution in [1.29, 1.82) is 0 Å². The second-order valence-electron chi connectivity index (χ2n) is 3.71. The van der Waals surface area contributed by atoms with Gasteiger partial charge >= 0.3 is 0 Å². The highest BCUT2D eigenvalue weighted by molar-refractivity contribution is 8.00. The Morgan fingerprint density at radius 3 is 2.62 bits per heavy atom. The van der Waals surface area contributed by atoms with Crippen LogP contribution in [0.1, 0.15) is 12.8 Å². The first-order valence-electron chi connectivity index (χ1n) is 5.16. The maximum Gasteiger partial charge on any atom is 0.174 e. The van der Waals surface area contributed by atoms with Crippen LogP contribution in [0.5, 0.6) is 0 Å². The second-order valence-corrected chi connectivity index (χ2v) is 5.02. The standard InChI is InChI=1S/C11H13F2NOS/c12-8-1-2-9(14)11(10(8)13)16-7-3-5-15-6-4-7/h1-2,7H,3-6,14H2. The molecule has 1 heterocycles. The lowest BCUT2D eigenvalue weighted by Gasteiger charge is -2.22. The van der Waals surface area contributed by atoms with Crippen LogP contribution in [0, 0.1) is 11.6 Å². The molecule has 0 radical (unpaired) electrons. The van der Waals surface area contributed by atoms with Crippen LogP contribution in [-0.4, -0.2) is 18.5 Å². The monoisotopic (exact) mass is 245 g/mol. The zero-order valence-corrected chi connectivity index (χ0v) is 9.53. The molecule has 5 heteroatoms. The lowest BCUT2D eigenvalue weighted by atomic mass is 10.2. The number of halogens is 2. The molecule has 0 unspecified atom stereocenters. The molecule has 0 amide bonds. The normalized spacial score (nSPS) is 17.6. The molecule has 2 nitrogen and oxygen atoms in total. The lowest BCUT2D eigenvalue weighted by molar-refractivity contribution is 0.1000. The summed E-state index contributed by atoms with van der Waals surface area (Å²) in [5, 5.41) is 0.257. The molecular formula is C11H13F2NOS. The van der Waals surface area contributed by atoms with Gasteiger partial charge in [-0.2, -0.15) is 0 Å². The van der Waals surface area contributed by atoms with Crippen LogP contribution in [0.3, 0.4) is 0 Å². The topological polar surface area (TPSA) is 35.2 Å². The van der Waals surface area contributed by atoms with Crippen LogP contribution in [0.2, 0.25) is 0 Å². The summed E-state index contributed by atoms with van der Waals surface area (Å²) in [5.74, 6) is -1.68. The molecule has 1 aromatic rings. The Labute approximate surface area is 97.2 Å². The van der Waals surface area contributed by atoms with Gasteiger partial charge in [-0.25, -0.2) is 8.78 Å². The van der Waals surface area contributed by atoms with Crippen LogP contribution in [-0.2, 0) is 4.74 Å². The molecule has 0 aliphatic carbocycles. The van der Waals surface area contributed by atoms with Gasteiger partial charge in [-0.3, -0.25) is 0 Å². The molecule has 1 fully saturated rings. The molecular weight excluding hydrogens is 232 g/mol. The predicted molar refractivity (Wildman–Crippen MR) is 60.5 cm³/mol. The third-order valence-corrected chi connectivity index (χ3v) is 3.99. The van der Waals surface area contributed by atoms with Crippen LogP contribution in [0.25, 0.3) is 0 Å². The smallest absolute Gasteiger partial charge is 0.174 e. The van der Waals surface area contributed by atoms with Crippen molar-refractivity contribution >= 4 is 17.4 Å². The largest absolute Gasteiger partial charge is 0.398 e. The molecule has 1 aromatic carbocycles. The van der Waals surface area contributed by atoms with E-state index in [0.717, 1.165) is 18.9 Å². The highest BCUT2D eigenvalue weighted by Gasteiger charge is 2.20. The van der Waals surface area contributed by atoms with E-state index in [1.54, 1.807) is 0 Å². The number of thioether (sulfide) groups is 1. The van der Waals surface area contributed by atoms with E-state index >= 15 is 0 Å². The van der Waals surface area contributed by atoms with Crippen molar-refractivity contribution in [2.75, 3.05) is 18.9 Å². The van der Waals surface area contributed by atoms with Gasteiger partial charge < -0.3 is 10.5 Å². The van der Waals surface area contributed by atoms with E-state index in [9.17, 15) is 8.78 Å². The summed E-state index contributed by atoms with van der Waals surface area (Å²) in [7, 11) is 0. The second kappa shape index (κ2) is 5.01. The van der Waals surface area contributed by atoms with Gasteiger partial charge in [0, 0.05) is 24.2 Å². The van der Waals surface area contributed by atoms with Gasteiger partial charge in [0.2, 0.25) is 0 Å². The van der Waals surface area contributed by atoms with Crippen molar-refractivity contribution in [3.8, 4) is 0 Å². The van der Waals surface area contributed by atoms with E-state index in [4.69, 9.17) is 10.5 Å². The molecule has 0 aromatic heterocycles. The summed E-state index contributed by atoms with van der Waals surface area (Å²) < 4.78 is 31.8. The molecule has 0 spiro atoms. The molecule has 2 rings (SSSR count). The Morgan fingerprint density at radius 1 is 1.25 bits per heavy atom. The SMILES string of the molecule is Nc1ccc(F)c(F)c1SC1CCOCC1. The molecule has 88 valence electrons. The quantitative estimate of drug-likeness (QED) is 0.814. The zero-order chi connectivity index (χ0) is 11.5. The van der Waals surface area contributed by atoms with Gasteiger partial charge in [0.05, 0.1) is 4.90 Å². The first-order chi connectivity index (χ1) is 7.68. The molecule has 1 aliphatic heterocycles. The Bertz CT molecular complexity index is 380. The van der Waals surface area contributed by atoms with Gasteiger partial charge in [0.15, 0.2) is 11.6 Å². The van der Waals surface area contributed by atoms with E-state index in [1.807, 2.05) is 0 Å². The van der Waals surface area contributed by atoms with Crippen molar-refractivity contribution in [2.24, 2.45) is 0 Å².